The highest BCUT2D eigenvalue weighted by Crippen LogP contribution is 2.33. The summed E-state index contributed by atoms with van der Waals surface area (Å²) in [5, 5.41) is 6.23. The fourth-order valence-electron chi connectivity index (χ4n) is 3.35. The van der Waals surface area contributed by atoms with Gasteiger partial charge < -0.3 is 9.73 Å². The molecule has 1 N–H and O–H groups in total. The smallest absolute Gasteiger partial charge is 0.268 e. The summed E-state index contributed by atoms with van der Waals surface area (Å²) in [6, 6.07) is 19.8. The molecule has 0 unspecified atom stereocenters. The van der Waals surface area contributed by atoms with Crippen LogP contribution in [-0.4, -0.2) is 21.2 Å². The van der Waals surface area contributed by atoms with Crippen molar-refractivity contribution in [3.05, 3.63) is 93.7 Å². The first kappa shape index (κ1) is 21.5. The molecule has 5 aromatic rings. The number of carbonyl (C=O) groups excluding carboxylic acids is 1. The Balaban J connectivity index is 1.52. The van der Waals surface area contributed by atoms with Gasteiger partial charge in [0, 0.05) is 21.7 Å². The Morgan fingerprint density at radius 3 is 2.61 bits per heavy atom. The minimum Gasteiger partial charge on any atom is -0.464 e. The summed E-state index contributed by atoms with van der Waals surface area (Å²) in [5.74, 6) is 0.491. The van der Waals surface area contributed by atoms with Crippen LogP contribution in [0.3, 0.4) is 0 Å². The van der Waals surface area contributed by atoms with Crippen molar-refractivity contribution in [1.82, 2.24) is 9.55 Å². The van der Waals surface area contributed by atoms with Gasteiger partial charge in [-0.3, -0.25) is 14.2 Å². The second-order valence-electron chi connectivity index (χ2n) is 7.02. The highest BCUT2D eigenvalue weighted by atomic mass is 35.5. The molecular formula is C24H16ClN3O3S2. The molecule has 0 fully saturated rings. The van der Waals surface area contributed by atoms with Gasteiger partial charge in [0.15, 0.2) is 5.16 Å². The molecule has 0 atom stereocenters. The summed E-state index contributed by atoms with van der Waals surface area (Å²) in [7, 11) is 0. The number of fused-ring (bicyclic) bond motifs is 1. The van der Waals surface area contributed by atoms with Gasteiger partial charge in [-0.25, -0.2) is 4.98 Å². The Hall–Kier alpha value is -3.33. The molecule has 164 valence electrons. The van der Waals surface area contributed by atoms with E-state index < -0.39 is 0 Å². The van der Waals surface area contributed by atoms with Crippen molar-refractivity contribution in [3.63, 3.8) is 0 Å². The zero-order valence-electron chi connectivity index (χ0n) is 17.0. The van der Waals surface area contributed by atoms with Crippen molar-refractivity contribution >= 4 is 56.5 Å². The summed E-state index contributed by atoms with van der Waals surface area (Å²) >= 11 is 8.48. The van der Waals surface area contributed by atoms with E-state index in [2.05, 4.69) is 5.32 Å². The Morgan fingerprint density at radius 2 is 1.88 bits per heavy atom. The zero-order valence-corrected chi connectivity index (χ0v) is 19.4. The number of thiophene rings is 1. The lowest BCUT2D eigenvalue weighted by atomic mass is 10.2. The number of halogens is 1. The number of furan rings is 1. The molecule has 0 saturated heterocycles. The molecule has 6 nitrogen and oxygen atoms in total. The minimum atomic E-state index is -0.210. The van der Waals surface area contributed by atoms with Gasteiger partial charge in [-0.1, -0.05) is 41.6 Å². The molecule has 0 spiro atoms. The Morgan fingerprint density at radius 1 is 1.09 bits per heavy atom. The third kappa shape index (κ3) is 4.45. The molecular weight excluding hydrogens is 478 g/mol. The van der Waals surface area contributed by atoms with E-state index >= 15 is 0 Å². The molecule has 0 aliphatic rings. The van der Waals surface area contributed by atoms with Crippen molar-refractivity contribution in [2.45, 2.75) is 5.16 Å². The molecule has 3 heterocycles. The Labute approximate surface area is 201 Å². The average Bonchev–Trinajstić information content (AvgIpc) is 3.50. The molecule has 5 rings (SSSR count). The lowest BCUT2D eigenvalue weighted by Gasteiger charge is -2.12. The molecule has 2 aromatic carbocycles. The van der Waals surface area contributed by atoms with Crippen LogP contribution >= 0.6 is 34.7 Å². The van der Waals surface area contributed by atoms with Gasteiger partial charge in [0.05, 0.1) is 23.1 Å². The van der Waals surface area contributed by atoms with Gasteiger partial charge in [0.1, 0.15) is 10.6 Å². The molecule has 1 amide bonds. The first-order valence-electron chi connectivity index (χ1n) is 9.92. The molecule has 9 heteroatoms. The van der Waals surface area contributed by atoms with Crippen LogP contribution in [0, 0.1) is 0 Å². The van der Waals surface area contributed by atoms with E-state index in [0.717, 1.165) is 0 Å². The standard InChI is InChI=1S/C24H16ClN3O3S2/c25-15-8-10-16(11-9-15)26-20(29)14-33-24-27-22-21(18(13-32-22)19-7-4-12-31-19)23(30)28(24)17-5-2-1-3-6-17/h1-13H,14H2,(H,26,29). The van der Waals surface area contributed by atoms with Crippen LogP contribution in [0.15, 0.2) is 92.7 Å². The SMILES string of the molecule is O=C(CSc1nc2scc(-c3ccco3)c2c(=O)n1-c1ccccc1)Nc1ccc(Cl)cc1. The topological polar surface area (TPSA) is 77.1 Å². The maximum absolute atomic E-state index is 13.7. The van der Waals surface area contributed by atoms with Gasteiger partial charge in [0.2, 0.25) is 5.91 Å². The van der Waals surface area contributed by atoms with Crippen LogP contribution in [0.2, 0.25) is 5.02 Å². The van der Waals surface area contributed by atoms with Crippen molar-refractivity contribution in [2.24, 2.45) is 0 Å². The fourth-order valence-corrected chi connectivity index (χ4v) is 5.25. The lowest BCUT2D eigenvalue weighted by Crippen LogP contribution is -2.22. The van der Waals surface area contributed by atoms with Crippen molar-refractivity contribution in [1.29, 1.82) is 0 Å². The minimum absolute atomic E-state index is 0.0871. The number of amides is 1. The number of hydrogen-bond donors (Lipinski definition) is 1. The van der Waals surface area contributed by atoms with E-state index in [9.17, 15) is 9.59 Å². The van der Waals surface area contributed by atoms with Crippen LogP contribution in [0.4, 0.5) is 5.69 Å². The molecule has 0 aliphatic heterocycles. The number of thioether (sulfide) groups is 1. The van der Waals surface area contributed by atoms with Gasteiger partial charge in [-0.15, -0.1) is 11.3 Å². The average molecular weight is 494 g/mol. The third-order valence-corrected chi connectivity index (χ3v) is 6.90. The number of para-hydroxylation sites is 1. The number of nitrogens with zero attached hydrogens (tertiary/aromatic N) is 2. The highest BCUT2D eigenvalue weighted by Gasteiger charge is 2.20. The number of nitrogens with one attached hydrogen (secondary N) is 1. The number of anilines is 1. The van der Waals surface area contributed by atoms with Crippen molar-refractivity contribution in [3.8, 4) is 17.0 Å². The van der Waals surface area contributed by atoms with E-state index in [-0.39, 0.29) is 17.2 Å². The summed E-state index contributed by atoms with van der Waals surface area (Å²) in [5.41, 5.74) is 1.82. The van der Waals surface area contributed by atoms with Crippen molar-refractivity contribution in [2.75, 3.05) is 11.1 Å². The second kappa shape index (κ2) is 9.27. The van der Waals surface area contributed by atoms with Crippen LogP contribution in [0.25, 0.3) is 27.2 Å². The van der Waals surface area contributed by atoms with Gasteiger partial charge >= 0.3 is 0 Å². The quantitative estimate of drug-likeness (QED) is 0.229. The van der Waals surface area contributed by atoms with Gasteiger partial charge in [0.25, 0.3) is 5.56 Å². The molecule has 33 heavy (non-hydrogen) atoms. The predicted octanol–water partition coefficient (Wildman–Crippen LogP) is 6.09. The number of rotatable bonds is 6. The molecule has 0 radical (unpaired) electrons. The van der Waals surface area contributed by atoms with Gasteiger partial charge in [-0.05, 0) is 48.5 Å². The van der Waals surface area contributed by atoms with Crippen molar-refractivity contribution < 1.29 is 9.21 Å². The number of hydrogen-bond acceptors (Lipinski definition) is 6. The van der Waals surface area contributed by atoms with Crippen LogP contribution in [0.1, 0.15) is 0 Å². The van der Waals surface area contributed by atoms with Gasteiger partial charge in [-0.2, -0.15) is 0 Å². The Kier molecular flexibility index (Phi) is 6.04. The zero-order chi connectivity index (χ0) is 22.8. The maximum Gasteiger partial charge on any atom is 0.268 e. The van der Waals surface area contributed by atoms with E-state index in [4.69, 9.17) is 21.0 Å². The molecule has 3 aromatic heterocycles. The van der Waals surface area contributed by atoms with Crippen LogP contribution in [-0.2, 0) is 4.79 Å². The summed E-state index contributed by atoms with van der Waals surface area (Å²) in [6.07, 6.45) is 1.57. The fraction of sp³-hybridized carbons (Fsp3) is 0.0417. The lowest BCUT2D eigenvalue weighted by molar-refractivity contribution is -0.113. The molecule has 0 saturated carbocycles. The number of aromatic nitrogens is 2. The van der Waals surface area contributed by atoms with E-state index in [1.165, 1.54) is 23.1 Å². The normalized spacial score (nSPS) is 11.1. The molecule has 0 bridgehead atoms. The largest absolute Gasteiger partial charge is 0.464 e. The second-order valence-corrected chi connectivity index (χ2v) is 9.26. The van der Waals surface area contributed by atoms with Crippen LogP contribution < -0.4 is 10.9 Å². The number of benzene rings is 2. The predicted molar refractivity (Wildman–Crippen MR) is 134 cm³/mol. The Bertz CT molecular complexity index is 1480. The maximum atomic E-state index is 13.7. The van der Waals surface area contributed by atoms with E-state index in [0.29, 0.717) is 43.1 Å². The first-order chi connectivity index (χ1) is 16.1. The summed E-state index contributed by atoms with van der Waals surface area (Å²) in [4.78, 5) is 31.5. The number of carbonyl (C=O) groups is 1. The van der Waals surface area contributed by atoms with E-state index in [1.54, 1.807) is 41.2 Å². The molecule has 0 aliphatic carbocycles. The summed E-state index contributed by atoms with van der Waals surface area (Å²) < 4.78 is 7.07. The van der Waals surface area contributed by atoms with Crippen LogP contribution in [0.5, 0.6) is 0 Å². The first-order valence-corrected chi connectivity index (χ1v) is 12.2. The third-order valence-electron chi connectivity index (χ3n) is 4.84. The van der Waals surface area contributed by atoms with E-state index in [1.807, 2.05) is 41.8 Å². The summed E-state index contributed by atoms with van der Waals surface area (Å²) in [6.45, 7) is 0. The highest BCUT2D eigenvalue weighted by molar-refractivity contribution is 7.99. The monoisotopic (exact) mass is 493 g/mol.